The number of rotatable bonds is 9. The van der Waals surface area contributed by atoms with Gasteiger partial charge in [0.15, 0.2) is 0 Å². The topological polar surface area (TPSA) is 21.6 Å². The lowest BCUT2D eigenvalue weighted by Gasteiger charge is -2.34. The Kier molecular flexibility index (Phi) is 7.61. The summed E-state index contributed by atoms with van der Waals surface area (Å²) in [5.74, 6) is 0.995. The molecule has 0 aromatic heterocycles. The van der Waals surface area contributed by atoms with Gasteiger partial charge in [-0.2, -0.15) is 0 Å². The van der Waals surface area contributed by atoms with E-state index >= 15 is 0 Å². The van der Waals surface area contributed by atoms with E-state index in [0.29, 0.717) is 15.2 Å². The average Bonchev–Trinajstić information content (AvgIpc) is 2.78. The van der Waals surface area contributed by atoms with Crippen LogP contribution in [0.5, 0.6) is 5.75 Å². The van der Waals surface area contributed by atoms with Crippen molar-refractivity contribution in [3.05, 3.63) is 95.6 Å². The van der Waals surface area contributed by atoms with E-state index in [1.807, 2.05) is 19.3 Å². The van der Waals surface area contributed by atoms with Gasteiger partial charge in [-0.3, -0.25) is 4.99 Å². The van der Waals surface area contributed by atoms with Crippen LogP contribution < -0.4 is 10.0 Å². The summed E-state index contributed by atoms with van der Waals surface area (Å²) in [4.78, 5) is 4.26. The normalized spacial score (nSPS) is 12.1. The molecule has 0 radical (unpaired) electrons. The number of para-hydroxylation sites is 1. The van der Waals surface area contributed by atoms with Gasteiger partial charge in [0.25, 0.3) is 0 Å². The molecule has 0 heterocycles. The second-order valence-corrected chi connectivity index (χ2v) is 8.90. The molecule has 2 nitrogen and oxygen atoms in total. The second kappa shape index (κ2) is 10.4. The Hall–Kier alpha value is -2.44. The van der Waals surface area contributed by atoms with E-state index in [0.717, 1.165) is 18.6 Å². The summed E-state index contributed by atoms with van der Waals surface area (Å²) in [5.41, 5.74) is 3.71. The van der Waals surface area contributed by atoms with E-state index in [2.05, 4.69) is 91.6 Å². The molecule has 0 amide bonds. The lowest BCUT2D eigenvalue weighted by molar-refractivity contribution is 0.298. The average molecular weight is 404 g/mol. The van der Waals surface area contributed by atoms with Crippen LogP contribution in [0.4, 0.5) is 0 Å². The van der Waals surface area contributed by atoms with Crippen molar-refractivity contribution in [2.75, 3.05) is 7.05 Å². The van der Waals surface area contributed by atoms with Crippen LogP contribution in [-0.4, -0.2) is 13.3 Å². The van der Waals surface area contributed by atoms with Crippen molar-refractivity contribution in [2.24, 2.45) is 4.99 Å². The third-order valence-corrected chi connectivity index (χ3v) is 7.63. The number of nitrogens with zero attached hydrogens (tertiary/aromatic N) is 1. The lowest BCUT2D eigenvalue weighted by Crippen LogP contribution is -2.24. The van der Waals surface area contributed by atoms with Gasteiger partial charge in [0.2, 0.25) is 0 Å². The third kappa shape index (κ3) is 5.14. The highest BCUT2D eigenvalue weighted by molar-refractivity contribution is 7.48. The quantitative estimate of drug-likeness (QED) is 0.302. The number of aliphatic imine (C=N–C) groups is 1. The molecule has 0 bridgehead atoms. The second-order valence-electron chi connectivity index (χ2n) is 7.16. The van der Waals surface area contributed by atoms with Gasteiger partial charge in [0.1, 0.15) is 12.4 Å². The Morgan fingerprint density at radius 2 is 1.52 bits per heavy atom. The molecule has 1 unspecified atom stereocenters. The maximum atomic E-state index is 6.33. The van der Waals surface area contributed by atoms with E-state index in [4.69, 9.17) is 4.74 Å². The monoisotopic (exact) mass is 403 g/mol. The largest absolute Gasteiger partial charge is 0.489 e. The molecule has 29 heavy (non-hydrogen) atoms. The van der Waals surface area contributed by atoms with Crippen molar-refractivity contribution in [2.45, 2.75) is 38.5 Å². The highest BCUT2D eigenvalue weighted by Crippen LogP contribution is 2.50. The fourth-order valence-corrected chi connectivity index (χ4v) is 5.40. The summed E-state index contributed by atoms with van der Waals surface area (Å²) in [6.45, 7) is 5.17. The standard InChI is InChI=1S/C26H30NOP/c1-4-26(5-2,29-25-18-12-9-15-22(25)19-27-3)23-16-10-11-17-24(23)28-20-21-13-7-6-8-14-21/h6-19,29H,4-5,20H2,1-3H3. The van der Waals surface area contributed by atoms with Gasteiger partial charge in [-0.1, -0.05) is 95.2 Å². The number of hydrogen-bond donors (Lipinski definition) is 0. The van der Waals surface area contributed by atoms with Gasteiger partial charge in [-0.05, 0) is 35.3 Å². The molecule has 0 aliphatic carbocycles. The molecule has 3 aromatic rings. The number of ether oxygens (including phenoxy) is 1. The zero-order valence-corrected chi connectivity index (χ0v) is 18.6. The molecule has 0 aliphatic rings. The molecule has 1 atom stereocenters. The molecule has 0 aliphatic heterocycles. The number of benzene rings is 3. The van der Waals surface area contributed by atoms with Gasteiger partial charge < -0.3 is 4.74 Å². The fourth-order valence-electron chi connectivity index (χ4n) is 3.72. The third-order valence-electron chi connectivity index (χ3n) is 5.45. The van der Waals surface area contributed by atoms with Crippen molar-refractivity contribution in [1.29, 1.82) is 0 Å². The van der Waals surface area contributed by atoms with E-state index in [1.165, 1.54) is 22.0 Å². The molecule has 3 aromatic carbocycles. The van der Waals surface area contributed by atoms with Crippen molar-refractivity contribution >= 4 is 20.1 Å². The van der Waals surface area contributed by atoms with Crippen LogP contribution in [0, 0.1) is 0 Å². The Bertz CT molecular complexity index is 932. The number of hydrogen-bond acceptors (Lipinski definition) is 2. The highest BCUT2D eigenvalue weighted by Gasteiger charge is 2.32. The minimum atomic E-state index is 0.0466. The van der Waals surface area contributed by atoms with Gasteiger partial charge in [-0.25, -0.2) is 0 Å². The van der Waals surface area contributed by atoms with Crippen molar-refractivity contribution in [1.82, 2.24) is 0 Å². The van der Waals surface area contributed by atoms with Crippen molar-refractivity contribution in [3.63, 3.8) is 0 Å². The van der Waals surface area contributed by atoms with Gasteiger partial charge in [0, 0.05) is 24.0 Å². The Balaban J connectivity index is 1.95. The molecule has 3 rings (SSSR count). The molecular weight excluding hydrogens is 373 g/mol. The smallest absolute Gasteiger partial charge is 0.123 e. The predicted molar refractivity (Wildman–Crippen MR) is 127 cm³/mol. The van der Waals surface area contributed by atoms with Crippen LogP contribution in [0.15, 0.2) is 83.9 Å². The Morgan fingerprint density at radius 1 is 0.862 bits per heavy atom. The summed E-state index contributed by atoms with van der Waals surface area (Å²) in [7, 11) is 2.48. The van der Waals surface area contributed by atoms with E-state index in [-0.39, 0.29) is 5.16 Å². The lowest BCUT2D eigenvalue weighted by atomic mass is 9.92. The molecule has 150 valence electrons. The van der Waals surface area contributed by atoms with Crippen LogP contribution in [0.1, 0.15) is 43.4 Å². The SMILES string of the molecule is CCC(CC)(Pc1ccccc1C=NC)c1ccccc1OCc1ccccc1. The predicted octanol–water partition coefficient (Wildman–Crippen LogP) is 6.33. The molecular formula is C26H30NOP. The maximum absolute atomic E-state index is 6.33. The Morgan fingerprint density at radius 3 is 2.24 bits per heavy atom. The van der Waals surface area contributed by atoms with E-state index < -0.39 is 0 Å². The highest BCUT2D eigenvalue weighted by atomic mass is 31.1. The zero-order valence-electron chi connectivity index (χ0n) is 17.6. The Labute approximate surface area is 176 Å². The van der Waals surface area contributed by atoms with Crippen LogP contribution in [0.3, 0.4) is 0 Å². The minimum absolute atomic E-state index is 0.0466. The summed E-state index contributed by atoms with van der Waals surface area (Å²) in [6.07, 6.45) is 4.09. The molecule has 0 fully saturated rings. The first-order chi connectivity index (χ1) is 14.2. The fraction of sp³-hybridized carbons (Fsp3) is 0.269. The molecule has 0 saturated heterocycles. The molecule has 0 saturated carbocycles. The first kappa shape index (κ1) is 21.3. The van der Waals surface area contributed by atoms with Gasteiger partial charge >= 0.3 is 0 Å². The maximum Gasteiger partial charge on any atom is 0.123 e. The van der Waals surface area contributed by atoms with Crippen molar-refractivity contribution < 1.29 is 4.74 Å². The van der Waals surface area contributed by atoms with Gasteiger partial charge in [0.05, 0.1) is 0 Å². The van der Waals surface area contributed by atoms with Crippen LogP contribution in [0.25, 0.3) is 0 Å². The summed E-state index contributed by atoms with van der Waals surface area (Å²) in [5, 5.41) is 1.41. The summed E-state index contributed by atoms with van der Waals surface area (Å²) < 4.78 is 6.33. The first-order valence-electron chi connectivity index (χ1n) is 10.3. The van der Waals surface area contributed by atoms with Gasteiger partial charge in [-0.15, -0.1) is 0 Å². The van der Waals surface area contributed by atoms with E-state index in [9.17, 15) is 0 Å². The molecule has 0 spiro atoms. The summed E-state index contributed by atoms with van der Waals surface area (Å²) in [6, 6.07) is 27.5. The first-order valence-corrected chi connectivity index (χ1v) is 11.3. The van der Waals surface area contributed by atoms with Crippen LogP contribution >= 0.6 is 8.58 Å². The van der Waals surface area contributed by atoms with E-state index in [1.54, 1.807) is 0 Å². The minimum Gasteiger partial charge on any atom is -0.489 e. The van der Waals surface area contributed by atoms with Crippen LogP contribution in [-0.2, 0) is 11.8 Å². The summed E-state index contributed by atoms with van der Waals surface area (Å²) >= 11 is 0. The zero-order chi connectivity index (χ0) is 20.5. The molecule has 3 heteroatoms. The molecule has 0 N–H and O–H groups in total. The van der Waals surface area contributed by atoms with Crippen molar-refractivity contribution in [3.8, 4) is 5.75 Å². The van der Waals surface area contributed by atoms with Crippen LogP contribution in [0.2, 0.25) is 0 Å².